The zero-order valence-corrected chi connectivity index (χ0v) is 22.3. The average molecular weight is 567 g/mol. The predicted octanol–water partition coefficient (Wildman–Crippen LogP) is 7.41. The van der Waals surface area contributed by atoms with Gasteiger partial charge in [-0.3, -0.25) is 4.79 Å². The maximum atomic E-state index is 15.3. The van der Waals surface area contributed by atoms with E-state index in [4.69, 9.17) is 39.5 Å². The Morgan fingerprint density at radius 2 is 1.76 bits per heavy atom. The van der Waals surface area contributed by atoms with E-state index in [1.807, 2.05) is 0 Å². The van der Waals surface area contributed by atoms with Crippen molar-refractivity contribution < 1.29 is 23.8 Å². The van der Waals surface area contributed by atoms with Crippen molar-refractivity contribution in [3.63, 3.8) is 0 Å². The smallest absolute Gasteiger partial charge is 0.341 e. The summed E-state index contributed by atoms with van der Waals surface area (Å²) in [6, 6.07) is 6.62. The number of aromatic nitrogens is 1. The van der Waals surface area contributed by atoms with Crippen LogP contribution in [0.4, 0.5) is 4.39 Å². The minimum absolute atomic E-state index is 0.0998. The number of rotatable bonds is 6. The predicted molar refractivity (Wildman–Crippen MR) is 142 cm³/mol. The van der Waals surface area contributed by atoms with Crippen molar-refractivity contribution in [2.45, 2.75) is 52.2 Å². The lowest BCUT2D eigenvalue weighted by Crippen LogP contribution is -2.25. The van der Waals surface area contributed by atoms with Gasteiger partial charge in [-0.25, -0.2) is 14.0 Å². The number of carboxylic acid groups (broad SMARTS) is 1. The maximum Gasteiger partial charge on any atom is 0.341 e. The molecule has 1 aliphatic carbocycles. The molecule has 37 heavy (non-hydrogen) atoms. The molecule has 0 atom stereocenters. The number of esters is 1. The van der Waals surface area contributed by atoms with Crippen LogP contribution in [-0.4, -0.2) is 27.7 Å². The Balaban J connectivity index is 1.97. The number of pyridine rings is 1. The van der Waals surface area contributed by atoms with Crippen molar-refractivity contribution in [1.29, 1.82) is 0 Å². The highest BCUT2D eigenvalue weighted by molar-refractivity contribution is 6.42. The Morgan fingerprint density at radius 1 is 1.08 bits per heavy atom. The first-order valence-corrected chi connectivity index (χ1v) is 12.8. The van der Waals surface area contributed by atoms with Gasteiger partial charge in [0.2, 0.25) is 5.43 Å². The molecule has 1 N–H and O–H groups in total. The van der Waals surface area contributed by atoms with Gasteiger partial charge in [-0.05, 0) is 63.8 Å². The van der Waals surface area contributed by atoms with Crippen molar-refractivity contribution in [2.75, 3.05) is 0 Å². The standard InChI is InChI=1S/C27H23Cl3FNO5/c1-3-32-13(2)22(25(33)23(26(34)35)24(32)14-8-9-18(28)20(30)10-14)17-11-16(19(29)12-21(17)31)27(36)37-15-6-4-5-7-15/h8-12,15H,3-7H2,1-2H3,(H,34,35). The summed E-state index contributed by atoms with van der Waals surface area (Å²) in [5.74, 6) is -3.09. The van der Waals surface area contributed by atoms with Crippen LogP contribution in [-0.2, 0) is 11.3 Å². The molecule has 3 aromatic rings. The molecule has 1 saturated carbocycles. The van der Waals surface area contributed by atoms with Crippen LogP contribution in [0.1, 0.15) is 59.0 Å². The Kier molecular flexibility index (Phi) is 7.97. The fourth-order valence-corrected chi connectivity index (χ4v) is 5.33. The van der Waals surface area contributed by atoms with Gasteiger partial charge in [0.25, 0.3) is 0 Å². The van der Waals surface area contributed by atoms with Crippen molar-refractivity contribution in [3.05, 3.63) is 78.3 Å². The van der Waals surface area contributed by atoms with Crippen LogP contribution in [0.5, 0.6) is 0 Å². The van der Waals surface area contributed by atoms with E-state index >= 15 is 4.39 Å². The fraction of sp³-hybridized carbons (Fsp3) is 0.296. The SMILES string of the molecule is CCn1c(C)c(-c2cc(C(=O)OC3CCCC3)c(Cl)cc2F)c(=O)c(C(=O)O)c1-c1ccc(Cl)c(Cl)c1. The molecule has 1 aromatic heterocycles. The van der Waals surface area contributed by atoms with Crippen LogP contribution in [0.25, 0.3) is 22.4 Å². The summed E-state index contributed by atoms with van der Waals surface area (Å²) in [5, 5.41) is 10.4. The first-order valence-electron chi connectivity index (χ1n) is 11.7. The van der Waals surface area contributed by atoms with E-state index in [0.29, 0.717) is 11.3 Å². The molecule has 0 bridgehead atoms. The number of nitrogens with zero attached hydrogens (tertiary/aromatic N) is 1. The fourth-order valence-electron chi connectivity index (χ4n) is 4.81. The Morgan fingerprint density at radius 3 is 2.35 bits per heavy atom. The van der Waals surface area contributed by atoms with Crippen LogP contribution >= 0.6 is 34.8 Å². The van der Waals surface area contributed by atoms with Gasteiger partial charge in [0.1, 0.15) is 17.5 Å². The van der Waals surface area contributed by atoms with Crippen molar-refractivity contribution in [3.8, 4) is 22.4 Å². The molecule has 1 aliphatic rings. The second-order valence-corrected chi connectivity index (χ2v) is 10.0. The van der Waals surface area contributed by atoms with Crippen LogP contribution in [0, 0.1) is 12.7 Å². The maximum absolute atomic E-state index is 15.3. The third-order valence-electron chi connectivity index (χ3n) is 6.57. The topological polar surface area (TPSA) is 85.6 Å². The molecule has 0 aliphatic heterocycles. The molecule has 0 saturated heterocycles. The molecule has 194 valence electrons. The summed E-state index contributed by atoms with van der Waals surface area (Å²) in [6.45, 7) is 3.59. The largest absolute Gasteiger partial charge is 0.477 e. The van der Waals surface area contributed by atoms with Gasteiger partial charge in [-0.2, -0.15) is 0 Å². The normalized spacial score (nSPS) is 13.7. The van der Waals surface area contributed by atoms with Crippen LogP contribution in [0.3, 0.4) is 0 Å². The molecular weight excluding hydrogens is 544 g/mol. The van der Waals surface area contributed by atoms with E-state index in [2.05, 4.69) is 0 Å². The van der Waals surface area contributed by atoms with Crippen LogP contribution < -0.4 is 5.43 Å². The number of carbonyl (C=O) groups is 2. The zero-order valence-electron chi connectivity index (χ0n) is 20.0. The number of ether oxygens (including phenoxy) is 1. The van der Waals surface area contributed by atoms with Crippen molar-refractivity contribution >= 4 is 46.7 Å². The molecule has 1 heterocycles. The highest BCUT2D eigenvalue weighted by atomic mass is 35.5. The highest BCUT2D eigenvalue weighted by Crippen LogP contribution is 2.35. The Hall–Kier alpha value is -2.87. The average Bonchev–Trinajstić information content (AvgIpc) is 3.34. The molecule has 4 rings (SSSR count). The minimum atomic E-state index is -1.50. The summed E-state index contributed by atoms with van der Waals surface area (Å²) < 4.78 is 22.4. The van der Waals surface area contributed by atoms with Gasteiger partial charge >= 0.3 is 11.9 Å². The van der Waals surface area contributed by atoms with Gasteiger partial charge < -0.3 is 14.4 Å². The lowest BCUT2D eigenvalue weighted by atomic mass is 9.95. The number of halogens is 4. The molecule has 0 amide bonds. The Labute approximate surface area is 227 Å². The summed E-state index contributed by atoms with van der Waals surface area (Å²) in [7, 11) is 0. The van der Waals surface area contributed by atoms with Crippen molar-refractivity contribution in [2.24, 2.45) is 0 Å². The summed E-state index contributed by atoms with van der Waals surface area (Å²) in [4.78, 5) is 38.9. The van der Waals surface area contributed by atoms with Gasteiger partial charge in [0.05, 0.1) is 31.9 Å². The minimum Gasteiger partial charge on any atom is -0.477 e. The number of carboxylic acids is 1. The number of benzene rings is 2. The second kappa shape index (κ2) is 10.9. The molecule has 0 spiro atoms. The highest BCUT2D eigenvalue weighted by Gasteiger charge is 2.29. The lowest BCUT2D eigenvalue weighted by molar-refractivity contribution is 0.0318. The molecule has 1 fully saturated rings. The molecule has 6 nitrogen and oxygen atoms in total. The van der Waals surface area contributed by atoms with Gasteiger partial charge in [0.15, 0.2) is 0 Å². The van der Waals surface area contributed by atoms with E-state index in [9.17, 15) is 19.5 Å². The Bertz CT molecular complexity index is 1480. The monoisotopic (exact) mass is 565 g/mol. The van der Waals surface area contributed by atoms with E-state index in [1.165, 1.54) is 12.1 Å². The molecule has 0 unspecified atom stereocenters. The van der Waals surface area contributed by atoms with Gasteiger partial charge in [-0.15, -0.1) is 0 Å². The number of hydrogen-bond acceptors (Lipinski definition) is 4. The molecule has 10 heteroatoms. The van der Waals surface area contributed by atoms with Crippen LogP contribution in [0.2, 0.25) is 15.1 Å². The van der Waals surface area contributed by atoms with Gasteiger partial charge in [0, 0.05) is 23.4 Å². The first-order chi connectivity index (χ1) is 17.5. The number of carbonyl (C=O) groups excluding carboxylic acids is 1. The summed E-state index contributed by atoms with van der Waals surface area (Å²) >= 11 is 18.4. The molecular formula is C27H23Cl3FNO5. The van der Waals surface area contributed by atoms with Gasteiger partial charge in [-0.1, -0.05) is 40.9 Å². The molecule has 0 radical (unpaired) electrons. The van der Waals surface area contributed by atoms with E-state index in [1.54, 1.807) is 24.5 Å². The zero-order chi connectivity index (χ0) is 27.0. The van der Waals surface area contributed by atoms with E-state index < -0.39 is 28.7 Å². The summed E-state index contributed by atoms with van der Waals surface area (Å²) in [5.41, 5.74) is -1.24. The third kappa shape index (κ3) is 5.13. The first kappa shape index (κ1) is 27.2. The van der Waals surface area contributed by atoms with Crippen molar-refractivity contribution in [1.82, 2.24) is 4.57 Å². The molecule has 2 aromatic carbocycles. The van der Waals surface area contributed by atoms with E-state index in [0.717, 1.165) is 37.8 Å². The quantitative estimate of drug-likeness (QED) is 0.314. The number of aromatic carboxylic acids is 1. The van der Waals surface area contributed by atoms with Crippen LogP contribution in [0.15, 0.2) is 35.1 Å². The third-order valence-corrected chi connectivity index (χ3v) is 7.62. The second-order valence-electron chi connectivity index (χ2n) is 8.82. The lowest BCUT2D eigenvalue weighted by Gasteiger charge is -2.22. The summed E-state index contributed by atoms with van der Waals surface area (Å²) in [6.07, 6.45) is 3.10. The number of hydrogen-bond donors (Lipinski definition) is 1. The van der Waals surface area contributed by atoms with E-state index in [-0.39, 0.29) is 50.1 Å².